The van der Waals surface area contributed by atoms with Crippen LogP contribution in [0.4, 0.5) is 0 Å². The molecule has 1 aliphatic heterocycles. The molecule has 4 nitrogen and oxygen atoms in total. The molecule has 1 aliphatic carbocycles. The highest BCUT2D eigenvalue weighted by Crippen LogP contribution is 2.22. The third-order valence-electron chi connectivity index (χ3n) is 4.97. The molecule has 1 unspecified atom stereocenters. The van der Waals surface area contributed by atoms with E-state index >= 15 is 0 Å². The normalized spacial score (nSPS) is 24.4. The maximum Gasteiger partial charge on any atom is 0.236 e. The first kappa shape index (κ1) is 18.7. The molecule has 1 heterocycles. The molecule has 21 heavy (non-hydrogen) atoms. The highest BCUT2D eigenvalue weighted by molar-refractivity contribution is 5.85. The zero-order valence-electron chi connectivity index (χ0n) is 13.6. The zero-order valence-corrected chi connectivity index (χ0v) is 14.5. The molecule has 0 aromatic carbocycles. The standard InChI is InChI=1S/C16H31N3O.ClH/c1-17-11-14-7-6-10-19(12-14)13-16(20)18(2)15-8-4-3-5-9-15;/h14-15,17H,3-13H2,1-2H3;1H. The van der Waals surface area contributed by atoms with Crippen molar-refractivity contribution in [3.05, 3.63) is 0 Å². The first-order valence-electron chi connectivity index (χ1n) is 8.33. The lowest BCUT2D eigenvalue weighted by molar-refractivity contribution is -0.134. The molecule has 1 saturated carbocycles. The van der Waals surface area contributed by atoms with Crippen LogP contribution in [0.15, 0.2) is 0 Å². The van der Waals surface area contributed by atoms with Crippen LogP contribution in [0.3, 0.4) is 0 Å². The summed E-state index contributed by atoms with van der Waals surface area (Å²) >= 11 is 0. The molecule has 1 N–H and O–H groups in total. The number of nitrogens with one attached hydrogen (secondary N) is 1. The highest BCUT2D eigenvalue weighted by Gasteiger charge is 2.25. The zero-order chi connectivity index (χ0) is 14.4. The predicted octanol–water partition coefficient (Wildman–Crippen LogP) is 2.13. The van der Waals surface area contributed by atoms with Crippen molar-refractivity contribution < 1.29 is 4.79 Å². The summed E-state index contributed by atoms with van der Waals surface area (Å²) in [6.07, 6.45) is 8.84. The molecule has 0 aromatic heterocycles. The monoisotopic (exact) mass is 317 g/mol. The summed E-state index contributed by atoms with van der Waals surface area (Å²) in [7, 11) is 4.02. The predicted molar refractivity (Wildman–Crippen MR) is 90.0 cm³/mol. The molecule has 5 heteroatoms. The number of amides is 1. The quantitative estimate of drug-likeness (QED) is 0.844. The van der Waals surface area contributed by atoms with Gasteiger partial charge in [0.25, 0.3) is 0 Å². The summed E-state index contributed by atoms with van der Waals surface area (Å²) in [6.45, 7) is 3.85. The average Bonchev–Trinajstić information content (AvgIpc) is 2.48. The Labute approximate surface area is 136 Å². The number of carbonyl (C=O) groups is 1. The van der Waals surface area contributed by atoms with Crippen molar-refractivity contribution in [3.63, 3.8) is 0 Å². The molecule has 2 aliphatic rings. The number of nitrogens with zero attached hydrogens (tertiary/aromatic N) is 2. The second-order valence-electron chi connectivity index (χ2n) is 6.60. The van der Waals surface area contributed by atoms with Crippen LogP contribution in [-0.2, 0) is 4.79 Å². The molecule has 0 bridgehead atoms. The number of likely N-dealkylation sites (tertiary alicyclic amines) is 1. The van der Waals surface area contributed by atoms with Gasteiger partial charge in [-0.3, -0.25) is 9.69 Å². The van der Waals surface area contributed by atoms with Gasteiger partial charge in [-0.05, 0) is 51.7 Å². The van der Waals surface area contributed by atoms with E-state index in [-0.39, 0.29) is 12.4 Å². The SMILES string of the molecule is CNCC1CCCN(CC(=O)N(C)C2CCCCC2)C1.Cl. The minimum Gasteiger partial charge on any atom is -0.342 e. The Bertz CT molecular complexity index is 306. The van der Waals surface area contributed by atoms with Crippen molar-refractivity contribution in [1.82, 2.24) is 15.1 Å². The van der Waals surface area contributed by atoms with Gasteiger partial charge in [-0.2, -0.15) is 0 Å². The van der Waals surface area contributed by atoms with Crippen LogP contribution >= 0.6 is 12.4 Å². The van der Waals surface area contributed by atoms with Crippen LogP contribution in [0.25, 0.3) is 0 Å². The molecule has 2 fully saturated rings. The van der Waals surface area contributed by atoms with E-state index < -0.39 is 0 Å². The molecular formula is C16H32ClN3O. The van der Waals surface area contributed by atoms with E-state index in [0.29, 0.717) is 24.4 Å². The van der Waals surface area contributed by atoms with Crippen molar-refractivity contribution in [2.75, 3.05) is 40.3 Å². The van der Waals surface area contributed by atoms with Gasteiger partial charge in [-0.25, -0.2) is 0 Å². The van der Waals surface area contributed by atoms with E-state index in [1.807, 2.05) is 19.0 Å². The topological polar surface area (TPSA) is 35.6 Å². The van der Waals surface area contributed by atoms with Crippen molar-refractivity contribution in [2.45, 2.75) is 51.0 Å². The van der Waals surface area contributed by atoms with Crippen LogP contribution in [-0.4, -0.2) is 62.0 Å². The number of hydrogen-bond donors (Lipinski definition) is 1. The summed E-state index contributed by atoms with van der Waals surface area (Å²) < 4.78 is 0. The molecule has 124 valence electrons. The van der Waals surface area contributed by atoms with Gasteiger partial charge in [-0.15, -0.1) is 12.4 Å². The van der Waals surface area contributed by atoms with E-state index in [2.05, 4.69) is 10.2 Å². The number of rotatable bonds is 5. The largest absolute Gasteiger partial charge is 0.342 e. The van der Waals surface area contributed by atoms with Gasteiger partial charge < -0.3 is 10.2 Å². The third-order valence-corrected chi connectivity index (χ3v) is 4.97. The van der Waals surface area contributed by atoms with Crippen molar-refractivity contribution >= 4 is 18.3 Å². The van der Waals surface area contributed by atoms with Crippen molar-refractivity contribution in [3.8, 4) is 0 Å². The van der Waals surface area contributed by atoms with Gasteiger partial charge in [0.2, 0.25) is 5.91 Å². The van der Waals surface area contributed by atoms with E-state index in [9.17, 15) is 4.79 Å². The molecule has 2 rings (SSSR count). The highest BCUT2D eigenvalue weighted by atomic mass is 35.5. The van der Waals surface area contributed by atoms with E-state index in [4.69, 9.17) is 0 Å². The molecule has 0 aromatic rings. The maximum atomic E-state index is 12.4. The molecule has 0 radical (unpaired) electrons. The molecule has 1 amide bonds. The van der Waals surface area contributed by atoms with Gasteiger partial charge >= 0.3 is 0 Å². The first-order valence-corrected chi connectivity index (χ1v) is 8.33. The fourth-order valence-electron chi connectivity index (χ4n) is 3.72. The molecule has 0 spiro atoms. The summed E-state index contributed by atoms with van der Waals surface area (Å²) in [5, 5.41) is 3.26. The summed E-state index contributed by atoms with van der Waals surface area (Å²) in [4.78, 5) is 16.8. The average molecular weight is 318 g/mol. The lowest BCUT2D eigenvalue weighted by atomic mass is 9.94. The Hall–Kier alpha value is -0.320. The number of carbonyl (C=O) groups excluding carboxylic acids is 1. The molecule has 1 atom stereocenters. The number of piperidine rings is 1. The molecule has 1 saturated heterocycles. The summed E-state index contributed by atoms with van der Waals surface area (Å²) in [6, 6.07) is 0.495. The second kappa shape index (κ2) is 9.65. The Morgan fingerprint density at radius 2 is 1.90 bits per heavy atom. The number of hydrogen-bond acceptors (Lipinski definition) is 3. The minimum absolute atomic E-state index is 0. The first-order chi connectivity index (χ1) is 9.70. The van der Waals surface area contributed by atoms with Crippen LogP contribution < -0.4 is 5.32 Å². The van der Waals surface area contributed by atoms with Gasteiger partial charge in [0.05, 0.1) is 6.54 Å². The van der Waals surface area contributed by atoms with Gasteiger partial charge in [0.15, 0.2) is 0 Å². The second-order valence-corrected chi connectivity index (χ2v) is 6.60. The molecular weight excluding hydrogens is 286 g/mol. The van der Waals surface area contributed by atoms with Gasteiger partial charge in [0.1, 0.15) is 0 Å². The number of halogens is 1. The van der Waals surface area contributed by atoms with Crippen molar-refractivity contribution in [1.29, 1.82) is 0 Å². The fraction of sp³-hybridized carbons (Fsp3) is 0.938. The van der Waals surface area contributed by atoms with Crippen LogP contribution in [0.2, 0.25) is 0 Å². The Balaban J connectivity index is 0.00000220. The van der Waals surface area contributed by atoms with Crippen LogP contribution in [0, 0.1) is 5.92 Å². The third kappa shape index (κ3) is 5.76. The maximum absolute atomic E-state index is 12.4. The van der Waals surface area contributed by atoms with Crippen LogP contribution in [0.1, 0.15) is 44.9 Å². The minimum atomic E-state index is 0. The number of likely N-dealkylation sites (N-methyl/N-ethyl adjacent to an activating group) is 1. The Kier molecular flexibility index (Phi) is 8.60. The smallest absolute Gasteiger partial charge is 0.236 e. The summed E-state index contributed by atoms with van der Waals surface area (Å²) in [5.74, 6) is 1.03. The lowest BCUT2D eigenvalue weighted by Gasteiger charge is -2.36. The van der Waals surface area contributed by atoms with E-state index in [1.165, 1.54) is 44.9 Å². The Morgan fingerprint density at radius 3 is 2.57 bits per heavy atom. The Morgan fingerprint density at radius 1 is 1.19 bits per heavy atom. The van der Waals surface area contributed by atoms with E-state index in [1.54, 1.807) is 0 Å². The lowest BCUT2D eigenvalue weighted by Crippen LogP contribution is -2.47. The van der Waals surface area contributed by atoms with Crippen LogP contribution in [0.5, 0.6) is 0 Å². The van der Waals surface area contributed by atoms with E-state index in [0.717, 1.165) is 19.6 Å². The summed E-state index contributed by atoms with van der Waals surface area (Å²) in [5.41, 5.74) is 0. The van der Waals surface area contributed by atoms with Gasteiger partial charge in [-0.1, -0.05) is 19.3 Å². The fourth-order valence-corrected chi connectivity index (χ4v) is 3.72. The van der Waals surface area contributed by atoms with Crippen molar-refractivity contribution in [2.24, 2.45) is 5.92 Å². The van der Waals surface area contributed by atoms with Gasteiger partial charge in [0, 0.05) is 19.6 Å².